The largest absolute Gasteiger partial charge is 0.534 e. The molecule has 1 atom stereocenters. The minimum Gasteiger partial charge on any atom is -0.481 e. The van der Waals surface area contributed by atoms with E-state index in [4.69, 9.17) is 31.9 Å². The van der Waals surface area contributed by atoms with Crippen molar-refractivity contribution in [2.24, 2.45) is 17.2 Å². The number of aromatic nitrogens is 15. The molecule has 3 amide bonds. The molecule has 2 fully saturated rings. The molecule has 1 unspecified atom stereocenters. The molecule has 576 valence electrons. The van der Waals surface area contributed by atoms with Crippen LogP contribution in [0.3, 0.4) is 0 Å². The molecular weight excluding hydrogens is 1400 g/mol. The number of nitrogens with zero attached hydrogens (tertiary/aromatic N) is 17. The summed E-state index contributed by atoms with van der Waals surface area (Å²) in [5, 5.41) is 48.7. The number of carboxylic acids is 1. The number of Topliss-reactive ketones (excluding diaryl/α,β-unsaturated/α-hetero) is 2. The summed E-state index contributed by atoms with van der Waals surface area (Å²) in [4.78, 5) is 122. The third kappa shape index (κ3) is 35.0. The number of hydroxylamine groups is 4. The van der Waals surface area contributed by atoms with E-state index in [1.165, 1.54) is 12.4 Å². The predicted octanol–water partition coefficient (Wildman–Crippen LogP) is 9.58. The first kappa shape index (κ1) is 86.2. The van der Waals surface area contributed by atoms with E-state index in [9.17, 15) is 38.4 Å². The van der Waals surface area contributed by atoms with Crippen LogP contribution in [0.2, 0.25) is 0 Å². The number of carbonyl (C=O) groups is 8. The van der Waals surface area contributed by atoms with E-state index in [0.717, 1.165) is 152 Å². The van der Waals surface area contributed by atoms with Gasteiger partial charge in [0.1, 0.15) is 17.7 Å². The summed E-state index contributed by atoms with van der Waals surface area (Å²) >= 11 is 0. The van der Waals surface area contributed by atoms with Gasteiger partial charge in [-0.15, -0.1) is 30.6 Å². The Kier molecular flexibility index (Phi) is 40.1. The van der Waals surface area contributed by atoms with Crippen molar-refractivity contribution in [1.82, 2.24) is 86.0 Å². The molecule has 5 aromatic heterocycles. The summed E-state index contributed by atoms with van der Waals surface area (Å²) < 4.78 is 5.14. The van der Waals surface area contributed by atoms with Gasteiger partial charge < -0.3 is 31.9 Å². The number of unbranched alkanes of at least 4 members (excludes halogenated alkanes) is 4. The summed E-state index contributed by atoms with van der Waals surface area (Å²) in [6.45, 7) is 7.67. The summed E-state index contributed by atoms with van der Waals surface area (Å²) in [5.41, 5.74) is 23.5. The second kappa shape index (κ2) is 50.7. The van der Waals surface area contributed by atoms with Crippen molar-refractivity contribution in [3.8, 4) is 34.2 Å². The van der Waals surface area contributed by atoms with Gasteiger partial charge in [-0.2, -0.15) is 25.5 Å². The number of hydrogen-bond donors (Lipinski definition) is 4. The highest BCUT2D eigenvalue weighted by Crippen LogP contribution is 2.23. The SMILES string of the molecule is C=C1CCC(=O)N1OC(=O)CCCC(=O)CCc1ccc(-c2nccnn2)cc1.Cc1cnc(CCCCCN)nn1.NCCCCCc1nccnn1.NCc1ccc(-c2nccnn2)cc1.O=C(O)CCCC(=O)CCc1ccc(-c2nccnn2)cc1.O=C(OC1CC/C=C/CCC1)ON1C(=O)CCC1=O. The Balaban J connectivity index is 0.000000210. The van der Waals surface area contributed by atoms with Gasteiger partial charge in [0.15, 0.2) is 29.1 Å². The smallest absolute Gasteiger partial charge is 0.481 e. The first-order chi connectivity index (χ1) is 53.0. The fraction of sp³-hybridized carbons (Fsp3) is 0.416. The summed E-state index contributed by atoms with van der Waals surface area (Å²) in [6.07, 6.45) is 34.8. The molecule has 7 heterocycles. The molecule has 3 aromatic carbocycles. The number of carbonyl (C=O) groups excluding carboxylic acids is 7. The maximum atomic E-state index is 12.1. The number of carboxylic acid groups (broad SMARTS) is 1. The van der Waals surface area contributed by atoms with Gasteiger partial charge in [0.25, 0.3) is 17.7 Å². The number of aliphatic carboxylic acids is 1. The number of nitrogens with two attached hydrogens (primary N) is 3. The Bertz CT molecular complexity index is 4030. The Morgan fingerprint density at radius 3 is 1.38 bits per heavy atom. The quantitative estimate of drug-likeness (QED) is 0.0136. The molecule has 0 spiro atoms. The van der Waals surface area contributed by atoms with E-state index in [0.29, 0.717) is 99.0 Å². The molecule has 7 N–H and O–H groups in total. The number of ketones is 2. The number of rotatable bonds is 31. The minimum atomic E-state index is -0.974. The molecule has 32 nitrogen and oxygen atoms in total. The normalized spacial score (nSPS) is 13.8. The number of amides is 3. The first-order valence-electron chi connectivity index (χ1n) is 36.4. The lowest BCUT2D eigenvalue weighted by atomic mass is 10.0. The highest BCUT2D eigenvalue weighted by Gasteiger charge is 2.34. The second-order valence-electron chi connectivity index (χ2n) is 25.0. The van der Waals surface area contributed by atoms with Crippen LogP contribution in [0.25, 0.3) is 34.2 Å². The van der Waals surface area contributed by atoms with Crippen LogP contribution >= 0.6 is 0 Å². The van der Waals surface area contributed by atoms with Crippen LogP contribution in [0.5, 0.6) is 0 Å². The molecule has 1 aliphatic carbocycles. The van der Waals surface area contributed by atoms with Crippen molar-refractivity contribution in [1.29, 1.82) is 0 Å². The second-order valence-corrected chi connectivity index (χ2v) is 25.0. The average Bonchev–Trinajstić information content (AvgIpc) is 1.82. The third-order valence-corrected chi connectivity index (χ3v) is 16.3. The van der Waals surface area contributed by atoms with Crippen molar-refractivity contribution in [3.05, 3.63) is 187 Å². The number of benzene rings is 3. The molecule has 0 saturated carbocycles. The van der Waals surface area contributed by atoms with Gasteiger partial charge in [0, 0.05) is 119 Å². The highest BCUT2D eigenvalue weighted by molar-refractivity contribution is 6.01. The van der Waals surface area contributed by atoms with Crippen molar-refractivity contribution < 1.29 is 57.9 Å². The van der Waals surface area contributed by atoms with E-state index in [1.807, 2.05) is 79.7 Å². The summed E-state index contributed by atoms with van der Waals surface area (Å²) in [6, 6.07) is 23.2. The average molecular weight is 1490 g/mol. The molecule has 0 bridgehead atoms. The molecule has 109 heavy (non-hydrogen) atoms. The van der Waals surface area contributed by atoms with Crippen molar-refractivity contribution in [3.63, 3.8) is 0 Å². The summed E-state index contributed by atoms with van der Waals surface area (Å²) in [7, 11) is 0. The Labute approximate surface area is 633 Å². The zero-order valence-corrected chi connectivity index (χ0v) is 61.5. The Morgan fingerprint density at radius 2 is 0.936 bits per heavy atom. The van der Waals surface area contributed by atoms with Gasteiger partial charge in [-0.05, 0) is 127 Å². The minimum absolute atomic E-state index is 0.0472. The van der Waals surface area contributed by atoms with Gasteiger partial charge in [0.2, 0.25) is 0 Å². The van der Waals surface area contributed by atoms with E-state index in [1.54, 1.807) is 43.4 Å². The fourth-order valence-corrected chi connectivity index (χ4v) is 10.4. The Hall–Kier alpha value is -11.8. The molecule has 11 rings (SSSR count). The maximum absolute atomic E-state index is 12.1. The molecule has 2 saturated heterocycles. The molecule has 32 heteroatoms. The van der Waals surface area contributed by atoms with Crippen LogP contribution in [0, 0.1) is 6.92 Å². The van der Waals surface area contributed by atoms with Gasteiger partial charge in [-0.1, -0.05) is 109 Å². The van der Waals surface area contributed by atoms with Crippen LogP contribution < -0.4 is 17.2 Å². The monoisotopic (exact) mass is 1490 g/mol. The lowest BCUT2D eigenvalue weighted by molar-refractivity contribution is -0.186. The molecule has 3 aliphatic rings. The Morgan fingerprint density at radius 1 is 0.468 bits per heavy atom. The van der Waals surface area contributed by atoms with Crippen LogP contribution in [-0.2, 0) is 80.2 Å². The maximum Gasteiger partial charge on any atom is 0.534 e. The van der Waals surface area contributed by atoms with E-state index in [-0.39, 0.29) is 49.3 Å². The van der Waals surface area contributed by atoms with E-state index < -0.39 is 29.9 Å². The van der Waals surface area contributed by atoms with Crippen molar-refractivity contribution in [2.45, 2.75) is 193 Å². The van der Waals surface area contributed by atoms with Crippen molar-refractivity contribution >= 4 is 47.4 Å². The number of ether oxygens (including phenoxy) is 1. The van der Waals surface area contributed by atoms with Crippen LogP contribution in [0.1, 0.15) is 182 Å². The van der Waals surface area contributed by atoms with Gasteiger partial charge in [0.05, 0.1) is 42.4 Å². The van der Waals surface area contributed by atoms with E-state index in [2.05, 4.69) is 99.5 Å². The third-order valence-electron chi connectivity index (χ3n) is 16.3. The predicted molar refractivity (Wildman–Crippen MR) is 399 cm³/mol. The van der Waals surface area contributed by atoms with E-state index >= 15 is 0 Å². The topological polar surface area (TPSA) is 462 Å². The first-order valence-corrected chi connectivity index (χ1v) is 36.4. The number of aryl methyl sites for hydroxylation is 5. The number of allylic oxidation sites excluding steroid dienone is 3. The number of imide groups is 1. The molecule has 2 aliphatic heterocycles. The van der Waals surface area contributed by atoms with Crippen LogP contribution in [0.15, 0.2) is 153 Å². The van der Waals surface area contributed by atoms with Gasteiger partial charge in [-0.25, -0.2) is 34.5 Å². The number of hydrogen-bond acceptors (Lipinski definition) is 29. The zero-order chi connectivity index (χ0) is 78.1. The van der Waals surface area contributed by atoms with Gasteiger partial charge in [-0.3, -0.25) is 33.6 Å². The lowest BCUT2D eigenvalue weighted by Gasteiger charge is -2.19. The highest BCUT2D eigenvalue weighted by atomic mass is 16.8. The fourth-order valence-electron chi connectivity index (χ4n) is 10.4. The molecule has 8 aromatic rings. The van der Waals surface area contributed by atoms with Crippen molar-refractivity contribution in [2.75, 3.05) is 13.1 Å². The molecule has 0 radical (unpaired) electrons. The molecular formula is C77H96N20O12. The zero-order valence-electron chi connectivity index (χ0n) is 61.5. The van der Waals surface area contributed by atoms with Crippen LogP contribution in [-0.4, -0.2) is 158 Å². The van der Waals surface area contributed by atoms with Gasteiger partial charge >= 0.3 is 18.1 Å². The standard InChI is InChI=1S/C21H22N4O4.C16H17N3O3.C13H17NO5.C10H10N4.C9H16N4.C8H14N4/c1-15-5-12-19(27)25(15)29-20(28)4-2-3-18(26)11-8-16-6-9-17(10-7-16)21-22-13-14-23-24-21;20-14(2-1-3-15(21)22)9-6-12-4-7-13(8-5-12)16-17-10-11-18-19-16;15-11-8-9-12(16)14(11)19-13(17)18-10-6-4-2-1-3-5-7-10;11-7-8-1-3-9(4-2-8)10-12-5-6-13-14-10;1-8-7-11-9(13-12-8)5-3-2-4-6-10;9-5-3-1-2-4-8-10-6-7-11-12-8/h6-7,9-10,13-14H,1-5,8,11-12H2;4-5,7-8,10-11H,1-3,6,9H2,(H,21,22);1-2,10H,3-9H2;1-6H,7,11H2;7H,2-6,10H2,1H3;6-7H,1-5,9H2/b;;2-1+;;;. The lowest BCUT2D eigenvalue weighted by Crippen LogP contribution is -2.33. The summed E-state index contributed by atoms with van der Waals surface area (Å²) in [5.74, 6) is 0.960. The van der Waals surface area contributed by atoms with Crippen LogP contribution in [0.4, 0.5) is 4.79 Å².